The highest BCUT2D eigenvalue weighted by Gasteiger charge is 2.31. The van der Waals surface area contributed by atoms with Crippen LogP contribution in [0.5, 0.6) is 0 Å². The molecular weight excluding hydrogens is 264 g/mol. The summed E-state index contributed by atoms with van der Waals surface area (Å²) in [5, 5.41) is 5.01. The van der Waals surface area contributed by atoms with E-state index in [2.05, 4.69) is 10.6 Å². The Morgan fingerprint density at radius 2 is 2.00 bits per heavy atom. The summed E-state index contributed by atoms with van der Waals surface area (Å²) in [6.45, 7) is 2.28. The molecule has 1 amide bonds. The van der Waals surface area contributed by atoms with Crippen molar-refractivity contribution in [2.24, 2.45) is 0 Å². The minimum absolute atomic E-state index is 0.0591. The van der Waals surface area contributed by atoms with Crippen LogP contribution >= 0.6 is 0 Å². The van der Waals surface area contributed by atoms with Gasteiger partial charge in [0.25, 0.3) is 0 Å². The number of amides is 1. The molecule has 1 aromatic rings. The van der Waals surface area contributed by atoms with Crippen molar-refractivity contribution in [1.29, 1.82) is 0 Å². The van der Waals surface area contributed by atoms with E-state index in [-0.39, 0.29) is 24.6 Å². The number of carbonyl (C=O) groups excluding carboxylic acids is 1. The molecule has 0 unspecified atom stereocenters. The average Bonchev–Trinajstić information content (AvgIpc) is 2.30. The second-order valence-corrected chi connectivity index (χ2v) is 3.82. The van der Waals surface area contributed by atoms with Crippen LogP contribution in [0.2, 0.25) is 0 Å². The Bertz CT molecular complexity index is 446. The van der Waals surface area contributed by atoms with Crippen LogP contribution in [0.3, 0.4) is 0 Å². The third-order valence-electron chi connectivity index (χ3n) is 2.34. The van der Waals surface area contributed by atoms with Crippen molar-refractivity contribution in [2.75, 3.05) is 18.4 Å². The van der Waals surface area contributed by atoms with Crippen LogP contribution in [0, 0.1) is 5.82 Å². The zero-order valence-corrected chi connectivity index (χ0v) is 10.3. The Hall–Kier alpha value is -1.79. The van der Waals surface area contributed by atoms with Gasteiger partial charge in [0, 0.05) is 19.5 Å². The monoisotopic (exact) mass is 278 g/mol. The molecule has 0 aliphatic carbocycles. The predicted octanol–water partition coefficient (Wildman–Crippen LogP) is 2.78. The summed E-state index contributed by atoms with van der Waals surface area (Å²) in [5.41, 5.74) is -1.20. The number of anilines is 1. The largest absolute Gasteiger partial charge is 0.416 e. The van der Waals surface area contributed by atoms with Crippen LogP contribution in [0.15, 0.2) is 18.2 Å². The maximum atomic E-state index is 13.3. The molecule has 0 fully saturated rings. The van der Waals surface area contributed by atoms with E-state index < -0.39 is 17.6 Å². The summed E-state index contributed by atoms with van der Waals surface area (Å²) in [6.07, 6.45) is -4.47. The fraction of sp³-hybridized carbons (Fsp3) is 0.417. The van der Waals surface area contributed by atoms with Gasteiger partial charge in [-0.15, -0.1) is 0 Å². The second-order valence-electron chi connectivity index (χ2n) is 3.82. The van der Waals surface area contributed by atoms with Crippen LogP contribution in [-0.2, 0) is 11.0 Å². The highest BCUT2D eigenvalue weighted by molar-refractivity contribution is 5.76. The first-order valence-electron chi connectivity index (χ1n) is 5.72. The maximum Gasteiger partial charge on any atom is 0.416 e. The summed E-state index contributed by atoms with van der Waals surface area (Å²) in [7, 11) is 0. The smallest absolute Gasteiger partial charge is 0.382 e. The predicted molar refractivity (Wildman–Crippen MR) is 63.2 cm³/mol. The molecule has 0 heterocycles. The van der Waals surface area contributed by atoms with Crippen LogP contribution in [0.25, 0.3) is 0 Å². The Kier molecular flexibility index (Phi) is 5.14. The quantitative estimate of drug-likeness (QED) is 0.813. The lowest BCUT2D eigenvalue weighted by Gasteiger charge is -2.11. The molecule has 0 atom stereocenters. The fourth-order valence-electron chi connectivity index (χ4n) is 1.43. The van der Waals surface area contributed by atoms with E-state index >= 15 is 0 Å². The topological polar surface area (TPSA) is 41.1 Å². The van der Waals surface area contributed by atoms with E-state index in [0.29, 0.717) is 18.7 Å². The van der Waals surface area contributed by atoms with Gasteiger partial charge in [0.05, 0.1) is 11.3 Å². The first-order valence-corrected chi connectivity index (χ1v) is 5.72. The first kappa shape index (κ1) is 15.3. The van der Waals surface area contributed by atoms with Gasteiger partial charge in [0.15, 0.2) is 0 Å². The first-order chi connectivity index (χ1) is 8.84. The number of alkyl halides is 3. The van der Waals surface area contributed by atoms with Gasteiger partial charge in [-0.3, -0.25) is 4.79 Å². The third kappa shape index (κ3) is 4.76. The summed E-state index contributed by atoms with van der Waals surface area (Å²) in [5.74, 6) is -1.04. The number of hydrogen-bond donors (Lipinski definition) is 2. The summed E-state index contributed by atoms with van der Waals surface area (Å²) in [4.78, 5) is 11.1. The molecule has 0 radical (unpaired) electrons. The molecule has 0 aliphatic rings. The molecule has 106 valence electrons. The molecule has 2 N–H and O–H groups in total. The lowest BCUT2D eigenvalue weighted by molar-refractivity contribution is -0.137. The number of hydrogen-bond acceptors (Lipinski definition) is 2. The summed E-state index contributed by atoms with van der Waals surface area (Å²) in [6, 6.07) is 2.11. The zero-order chi connectivity index (χ0) is 14.5. The van der Waals surface area contributed by atoms with Gasteiger partial charge >= 0.3 is 6.18 Å². The lowest BCUT2D eigenvalue weighted by atomic mass is 10.2. The lowest BCUT2D eigenvalue weighted by Crippen LogP contribution is -2.24. The summed E-state index contributed by atoms with van der Waals surface area (Å²) < 4.78 is 50.6. The van der Waals surface area contributed by atoms with Crippen LogP contribution in [-0.4, -0.2) is 19.0 Å². The SMILES string of the molecule is CCNC(=O)CCNc1cc(C(F)(F)F)ccc1F. The molecule has 0 aromatic heterocycles. The van der Waals surface area contributed by atoms with E-state index in [1.54, 1.807) is 6.92 Å². The van der Waals surface area contributed by atoms with Gasteiger partial charge in [-0.05, 0) is 25.1 Å². The van der Waals surface area contributed by atoms with Crippen molar-refractivity contribution >= 4 is 11.6 Å². The fourth-order valence-corrected chi connectivity index (χ4v) is 1.43. The zero-order valence-electron chi connectivity index (χ0n) is 10.3. The Morgan fingerprint density at radius 1 is 1.32 bits per heavy atom. The Balaban J connectivity index is 2.65. The van der Waals surface area contributed by atoms with Gasteiger partial charge in [-0.1, -0.05) is 0 Å². The van der Waals surface area contributed by atoms with Gasteiger partial charge < -0.3 is 10.6 Å². The van der Waals surface area contributed by atoms with E-state index in [0.717, 1.165) is 6.07 Å². The van der Waals surface area contributed by atoms with Crippen molar-refractivity contribution in [2.45, 2.75) is 19.5 Å². The van der Waals surface area contributed by atoms with E-state index in [1.807, 2.05) is 0 Å². The molecule has 1 aromatic carbocycles. The number of rotatable bonds is 5. The molecule has 3 nitrogen and oxygen atoms in total. The van der Waals surface area contributed by atoms with Crippen molar-refractivity contribution in [3.63, 3.8) is 0 Å². The molecule has 19 heavy (non-hydrogen) atoms. The van der Waals surface area contributed by atoms with Crippen LogP contribution < -0.4 is 10.6 Å². The standard InChI is InChI=1S/C12H14F4N2O/c1-2-17-11(19)5-6-18-10-7-8(12(14,15)16)3-4-9(10)13/h3-4,7,18H,2,5-6H2,1H3,(H,17,19). The number of nitrogens with one attached hydrogen (secondary N) is 2. The van der Waals surface area contributed by atoms with Crippen LogP contribution in [0.4, 0.5) is 23.2 Å². The molecule has 0 saturated carbocycles. The molecule has 1 rings (SSSR count). The van der Waals surface area contributed by atoms with Crippen molar-refractivity contribution in [3.05, 3.63) is 29.6 Å². The van der Waals surface area contributed by atoms with Gasteiger partial charge in [-0.2, -0.15) is 13.2 Å². The third-order valence-corrected chi connectivity index (χ3v) is 2.34. The van der Waals surface area contributed by atoms with Gasteiger partial charge in [0.2, 0.25) is 5.91 Å². The van der Waals surface area contributed by atoms with Crippen molar-refractivity contribution in [3.8, 4) is 0 Å². The molecule has 7 heteroatoms. The molecular formula is C12H14F4N2O. The average molecular weight is 278 g/mol. The molecule has 0 saturated heterocycles. The summed E-state index contributed by atoms with van der Waals surface area (Å²) >= 11 is 0. The van der Waals surface area contributed by atoms with E-state index in [4.69, 9.17) is 0 Å². The number of carbonyl (C=O) groups is 1. The number of benzene rings is 1. The van der Waals surface area contributed by atoms with Crippen molar-refractivity contribution < 1.29 is 22.4 Å². The number of halogens is 4. The minimum Gasteiger partial charge on any atom is -0.382 e. The Labute approximate surface area is 108 Å². The van der Waals surface area contributed by atoms with Crippen molar-refractivity contribution in [1.82, 2.24) is 5.32 Å². The Morgan fingerprint density at radius 3 is 2.58 bits per heavy atom. The highest BCUT2D eigenvalue weighted by Crippen LogP contribution is 2.31. The molecule has 0 bridgehead atoms. The molecule has 0 aliphatic heterocycles. The van der Waals surface area contributed by atoms with E-state index in [1.165, 1.54) is 0 Å². The minimum atomic E-state index is -4.52. The molecule has 0 spiro atoms. The van der Waals surface area contributed by atoms with Gasteiger partial charge in [-0.25, -0.2) is 4.39 Å². The van der Waals surface area contributed by atoms with E-state index in [9.17, 15) is 22.4 Å². The second kappa shape index (κ2) is 6.40. The normalized spacial score (nSPS) is 11.2. The highest BCUT2D eigenvalue weighted by atomic mass is 19.4. The van der Waals surface area contributed by atoms with Gasteiger partial charge in [0.1, 0.15) is 5.82 Å². The van der Waals surface area contributed by atoms with Crippen LogP contribution in [0.1, 0.15) is 18.9 Å². The maximum absolute atomic E-state index is 13.3.